The fraction of sp³-hybridized carbons (Fsp3) is 0.500. The van der Waals surface area contributed by atoms with Crippen molar-refractivity contribution in [2.24, 2.45) is 11.8 Å². The van der Waals surface area contributed by atoms with Gasteiger partial charge in [-0.05, 0) is 62.4 Å². The van der Waals surface area contributed by atoms with Crippen molar-refractivity contribution in [2.45, 2.75) is 147 Å². The fourth-order valence-corrected chi connectivity index (χ4v) is 20.0. The molecule has 0 amide bonds. The summed E-state index contributed by atoms with van der Waals surface area (Å²) in [6.45, 7) is 16.2. The Balaban J connectivity index is 1.46. The summed E-state index contributed by atoms with van der Waals surface area (Å²) in [4.78, 5) is 12.0. The fourth-order valence-electron chi connectivity index (χ4n) is 10.6. The molecule has 1 saturated heterocycles. The minimum atomic E-state index is -3.00. The van der Waals surface area contributed by atoms with Crippen LogP contribution in [0.2, 0.25) is 10.1 Å². The van der Waals surface area contributed by atoms with Crippen LogP contribution in [0, 0.1) is 11.8 Å². The Hall–Kier alpha value is -3.71. The molecule has 6 rings (SSSR count). The minimum Gasteiger partial charge on any atom is -0.469 e. The molecule has 63 heavy (non-hydrogen) atoms. The largest absolute Gasteiger partial charge is 0.469 e. The lowest BCUT2D eigenvalue weighted by molar-refractivity contribution is -0.248. The van der Waals surface area contributed by atoms with Crippen LogP contribution < -0.4 is 20.7 Å². The number of hydrogen-bond donors (Lipinski definition) is 0. The van der Waals surface area contributed by atoms with Crippen LogP contribution in [0.5, 0.6) is 0 Å². The van der Waals surface area contributed by atoms with Gasteiger partial charge in [0.05, 0.1) is 25.4 Å². The van der Waals surface area contributed by atoms with Crippen LogP contribution in [0.15, 0.2) is 133 Å². The van der Waals surface area contributed by atoms with E-state index in [1.165, 1.54) is 27.9 Å². The first-order chi connectivity index (χ1) is 30.2. The molecule has 4 aromatic carbocycles. The third kappa shape index (κ3) is 10.4. The van der Waals surface area contributed by atoms with Gasteiger partial charge in [-0.2, -0.15) is 0 Å². The standard InChI is InChI=1S/C54H73FO6Si2/c1-10-11-16-26-41(60-62(52(2,3)4,42-27-17-12-18-28-42)43-29-19-13-20-30-43)37-38-46-47-40-54(58-9,50(55)35-25-36-51(56)57-8)59-48(47)39-49(46)61-63(53(5,6)7,44-31-21-14-22-32-44)45-33-23-15-24-34-45/h12-15,17-24,27-34,37-38,41,46-50H,10-11,16,25-26,35-36,39-40H2,1-9H3/t41-,46+,47+,48-,49+,50+,54-/m0/s1. The van der Waals surface area contributed by atoms with Gasteiger partial charge >= 0.3 is 5.97 Å². The van der Waals surface area contributed by atoms with Gasteiger partial charge in [-0.25, -0.2) is 4.39 Å². The first-order valence-electron chi connectivity index (χ1n) is 23.4. The van der Waals surface area contributed by atoms with Crippen molar-refractivity contribution in [3.63, 3.8) is 0 Å². The molecule has 1 heterocycles. The van der Waals surface area contributed by atoms with Crippen LogP contribution >= 0.6 is 0 Å². The first-order valence-corrected chi connectivity index (χ1v) is 27.2. The van der Waals surface area contributed by atoms with E-state index in [4.69, 9.17) is 23.1 Å². The van der Waals surface area contributed by atoms with E-state index in [1.807, 2.05) is 0 Å². The molecular formula is C54H73FO6Si2. The highest BCUT2D eigenvalue weighted by Crippen LogP contribution is 2.53. The van der Waals surface area contributed by atoms with Gasteiger partial charge in [-0.3, -0.25) is 4.79 Å². The summed E-state index contributed by atoms with van der Waals surface area (Å²) in [7, 11) is -3.00. The van der Waals surface area contributed by atoms with Crippen LogP contribution in [0.3, 0.4) is 0 Å². The van der Waals surface area contributed by atoms with Crippen molar-refractivity contribution in [3.8, 4) is 0 Å². The zero-order chi connectivity index (χ0) is 45.3. The number of rotatable bonds is 20. The van der Waals surface area contributed by atoms with E-state index in [0.717, 1.165) is 25.7 Å². The maximum Gasteiger partial charge on any atom is 0.305 e. The molecule has 0 bridgehead atoms. The second kappa shape index (κ2) is 21.1. The van der Waals surface area contributed by atoms with Gasteiger partial charge in [-0.1, -0.05) is 201 Å². The van der Waals surface area contributed by atoms with Crippen molar-refractivity contribution in [1.29, 1.82) is 0 Å². The van der Waals surface area contributed by atoms with Crippen LogP contribution in [0.25, 0.3) is 0 Å². The maximum atomic E-state index is 16.6. The van der Waals surface area contributed by atoms with Crippen LogP contribution in [0.4, 0.5) is 4.39 Å². The van der Waals surface area contributed by atoms with Crippen molar-refractivity contribution in [3.05, 3.63) is 133 Å². The molecule has 2 fully saturated rings. The van der Waals surface area contributed by atoms with Gasteiger partial charge in [-0.15, -0.1) is 0 Å². The quantitative estimate of drug-likeness (QED) is 0.0381. The Morgan fingerprint density at radius 1 is 0.746 bits per heavy atom. The number of halogens is 1. The molecule has 340 valence electrons. The topological polar surface area (TPSA) is 63.2 Å². The van der Waals surface area contributed by atoms with Crippen molar-refractivity contribution in [1.82, 2.24) is 0 Å². The van der Waals surface area contributed by atoms with E-state index in [9.17, 15) is 4.79 Å². The van der Waals surface area contributed by atoms with Crippen molar-refractivity contribution in [2.75, 3.05) is 14.2 Å². The molecule has 6 nitrogen and oxygen atoms in total. The summed E-state index contributed by atoms with van der Waals surface area (Å²) < 4.78 is 50.1. The molecule has 4 aromatic rings. The Labute approximate surface area is 380 Å². The van der Waals surface area contributed by atoms with E-state index in [2.05, 4.69) is 182 Å². The smallest absolute Gasteiger partial charge is 0.305 e. The summed E-state index contributed by atoms with van der Waals surface area (Å²) in [5, 5.41) is 4.51. The zero-order valence-corrected chi connectivity index (χ0v) is 41.4. The summed E-state index contributed by atoms with van der Waals surface area (Å²) in [5.41, 5.74) is 0. The number of hydrogen-bond acceptors (Lipinski definition) is 6. The number of carbonyl (C=O) groups excluding carboxylic acids is 1. The maximum absolute atomic E-state index is 16.6. The molecule has 0 spiro atoms. The van der Waals surface area contributed by atoms with Gasteiger partial charge in [0.15, 0.2) is 12.0 Å². The van der Waals surface area contributed by atoms with Gasteiger partial charge in [0.2, 0.25) is 0 Å². The molecule has 9 heteroatoms. The predicted octanol–water partition coefficient (Wildman–Crippen LogP) is 10.5. The number of unbranched alkanes of at least 4 members (excludes halogenated alkanes) is 2. The lowest BCUT2D eigenvalue weighted by Gasteiger charge is -2.46. The van der Waals surface area contributed by atoms with E-state index in [1.54, 1.807) is 7.11 Å². The Bertz CT molecular complexity index is 1960. The number of benzene rings is 4. The summed E-state index contributed by atoms with van der Waals surface area (Å²) >= 11 is 0. The first kappa shape index (κ1) is 48.7. The number of carbonyl (C=O) groups is 1. The SMILES string of the molecule is CCCCC[C@@H](C=C[C@@H]1[C@H]2C[C@@](OC)([C@H](F)CCCC(=O)OC)O[C@H]2C[C@H]1O[Si](c1ccccc1)(c1ccccc1)C(C)(C)C)O[Si](c1ccccc1)(c1ccccc1)C(C)(C)C. The number of methoxy groups -OCH3 is 2. The number of fused-ring (bicyclic) bond motifs is 1. The van der Waals surface area contributed by atoms with E-state index < -0.39 is 28.6 Å². The van der Waals surface area contributed by atoms with Gasteiger partial charge < -0.3 is 23.1 Å². The second-order valence-electron chi connectivity index (χ2n) is 19.8. The molecule has 1 aliphatic heterocycles. The average molecular weight is 893 g/mol. The lowest BCUT2D eigenvalue weighted by Crippen LogP contribution is -2.68. The average Bonchev–Trinajstić information content (AvgIpc) is 3.81. The van der Waals surface area contributed by atoms with Crippen LogP contribution in [0.1, 0.15) is 106 Å². The number of esters is 1. The Morgan fingerprint density at radius 3 is 1.68 bits per heavy atom. The molecule has 7 atom stereocenters. The highest BCUT2D eigenvalue weighted by Gasteiger charge is 2.61. The summed E-state index contributed by atoms with van der Waals surface area (Å²) in [5.74, 6) is -1.97. The highest BCUT2D eigenvalue weighted by molar-refractivity contribution is 7.00. The van der Waals surface area contributed by atoms with Crippen molar-refractivity contribution < 1.29 is 32.2 Å². The minimum absolute atomic E-state index is 0.0765. The normalized spacial score (nSPS) is 22.8. The molecule has 0 N–H and O–H groups in total. The second-order valence-corrected chi connectivity index (χ2v) is 28.3. The third-order valence-electron chi connectivity index (χ3n) is 13.8. The van der Waals surface area contributed by atoms with E-state index >= 15 is 4.39 Å². The Morgan fingerprint density at radius 2 is 1.24 bits per heavy atom. The van der Waals surface area contributed by atoms with Crippen LogP contribution in [-0.2, 0) is 27.9 Å². The molecule has 2 aliphatic rings. The van der Waals surface area contributed by atoms with E-state index in [-0.39, 0.29) is 59.0 Å². The van der Waals surface area contributed by atoms with Crippen LogP contribution in [-0.4, -0.2) is 67.1 Å². The number of ether oxygens (including phenoxy) is 3. The molecule has 0 unspecified atom stereocenters. The molecule has 0 aromatic heterocycles. The number of alkyl halides is 1. The lowest BCUT2D eigenvalue weighted by atomic mass is 9.87. The van der Waals surface area contributed by atoms with Gasteiger partial charge in [0.1, 0.15) is 0 Å². The summed E-state index contributed by atoms with van der Waals surface area (Å²) in [6.07, 6.45) is 8.31. The monoisotopic (exact) mass is 892 g/mol. The van der Waals surface area contributed by atoms with Gasteiger partial charge in [0, 0.05) is 25.9 Å². The predicted molar refractivity (Wildman–Crippen MR) is 260 cm³/mol. The molecular weight excluding hydrogens is 820 g/mol. The molecule has 1 saturated carbocycles. The molecule has 0 radical (unpaired) electrons. The third-order valence-corrected chi connectivity index (χ3v) is 23.9. The van der Waals surface area contributed by atoms with Crippen molar-refractivity contribution >= 4 is 43.4 Å². The van der Waals surface area contributed by atoms with E-state index in [0.29, 0.717) is 19.3 Å². The highest BCUT2D eigenvalue weighted by atomic mass is 28.4. The zero-order valence-electron chi connectivity index (χ0n) is 39.4. The summed E-state index contributed by atoms with van der Waals surface area (Å²) in [6, 6.07) is 43.3. The molecule has 1 aliphatic carbocycles. The Kier molecular flexibility index (Phi) is 16.3. The van der Waals surface area contributed by atoms with Gasteiger partial charge in [0.25, 0.3) is 16.6 Å².